The summed E-state index contributed by atoms with van der Waals surface area (Å²) >= 11 is 0. The molecule has 1 aliphatic carbocycles. The molecule has 18 heavy (non-hydrogen) atoms. The molecule has 1 aliphatic rings. The van der Waals surface area contributed by atoms with Gasteiger partial charge in [0.1, 0.15) is 0 Å². The lowest BCUT2D eigenvalue weighted by Gasteiger charge is -2.18. The van der Waals surface area contributed by atoms with Gasteiger partial charge in [-0.2, -0.15) is 18.4 Å². The van der Waals surface area contributed by atoms with Crippen LogP contribution in [0.4, 0.5) is 13.2 Å². The van der Waals surface area contributed by atoms with Crippen molar-refractivity contribution in [2.45, 2.75) is 25.1 Å². The third-order valence-corrected chi connectivity index (χ3v) is 3.07. The van der Waals surface area contributed by atoms with Crippen molar-refractivity contribution >= 4 is 0 Å². The molecular weight excluding hydrogens is 241 g/mol. The van der Waals surface area contributed by atoms with Crippen LogP contribution in [0, 0.1) is 17.2 Å². The van der Waals surface area contributed by atoms with Gasteiger partial charge >= 0.3 is 6.18 Å². The van der Waals surface area contributed by atoms with E-state index in [1.165, 1.54) is 12.1 Å². The molecule has 1 atom stereocenters. The van der Waals surface area contributed by atoms with Crippen LogP contribution in [-0.2, 0) is 6.18 Å². The van der Waals surface area contributed by atoms with Crippen LogP contribution in [0.1, 0.15) is 30.0 Å². The number of nitriles is 1. The van der Waals surface area contributed by atoms with E-state index in [1.54, 1.807) is 6.07 Å². The summed E-state index contributed by atoms with van der Waals surface area (Å²) in [5, 5.41) is 11.6. The minimum atomic E-state index is -4.32. The number of nitrogens with one attached hydrogen (secondary N) is 1. The Morgan fingerprint density at radius 1 is 1.39 bits per heavy atom. The molecule has 1 saturated carbocycles. The van der Waals surface area contributed by atoms with Gasteiger partial charge in [-0.05, 0) is 36.5 Å². The van der Waals surface area contributed by atoms with Gasteiger partial charge in [0.15, 0.2) is 0 Å². The molecule has 0 spiro atoms. The number of halogens is 3. The first-order valence-corrected chi connectivity index (χ1v) is 5.80. The van der Waals surface area contributed by atoms with Crippen LogP contribution in [0.5, 0.6) is 0 Å². The molecule has 2 nitrogen and oxygen atoms in total. The second-order valence-electron chi connectivity index (χ2n) is 4.48. The molecule has 2 rings (SSSR count). The molecule has 0 radical (unpaired) electrons. The predicted octanol–water partition coefficient (Wildman–Crippen LogP) is 3.27. The number of benzene rings is 1. The summed E-state index contributed by atoms with van der Waals surface area (Å²) in [6, 6.07) is 7.16. The summed E-state index contributed by atoms with van der Waals surface area (Å²) < 4.78 is 37.9. The number of nitrogens with zero attached hydrogens (tertiary/aromatic N) is 1. The second kappa shape index (κ2) is 4.99. The highest BCUT2D eigenvalue weighted by Crippen LogP contribution is 2.42. The standard InChI is InChI=1S/C13H13F3N2/c14-13(15,16)11-3-1-2-10(8-11)12(9-4-5-9)18-7-6-17/h1-3,8-9,12,18H,4-5,7H2. The first-order chi connectivity index (χ1) is 8.52. The van der Waals surface area contributed by atoms with E-state index in [9.17, 15) is 13.2 Å². The number of hydrogen-bond acceptors (Lipinski definition) is 2. The summed E-state index contributed by atoms with van der Waals surface area (Å²) in [6.45, 7) is 0.150. The summed E-state index contributed by atoms with van der Waals surface area (Å²) in [5.41, 5.74) is -0.0213. The van der Waals surface area contributed by atoms with Gasteiger partial charge in [-0.1, -0.05) is 12.1 Å². The van der Waals surface area contributed by atoms with E-state index in [4.69, 9.17) is 5.26 Å². The normalized spacial score (nSPS) is 17.2. The van der Waals surface area contributed by atoms with Crippen molar-refractivity contribution in [2.24, 2.45) is 5.92 Å². The number of hydrogen-bond donors (Lipinski definition) is 1. The molecule has 0 saturated heterocycles. The van der Waals surface area contributed by atoms with Gasteiger partial charge in [-0.15, -0.1) is 0 Å². The maximum atomic E-state index is 12.6. The van der Waals surface area contributed by atoms with E-state index in [-0.39, 0.29) is 12.6 Å². The van der Waals surface area contributed by atoms with Crippen molar-refractivity contribution in [1.82, 2.24) is 5.32 Å². The number of rotatable bonds is 4. The molecular formula is C13H13F3N2. The molecule has 1 unspecified atom stereocenters. The van der Waals surface area contributed by atoms with Gasteiger partial charge in [0.2, 0.25) is 0 Å². The van der Waals surface area contributed by atoms with Crippen molar-refractivity contribution in [3.05, 3.63) is 35.4 Å². The molecule has 5 heteroatoms. The molecule has 96 valence electrons. The van der Waals surface area contributed by atoms with Crippen LogP contribution in [0.2, 0.25) is 0 Å². The molecule has 0 aliphatic heterocycles. The van der Waals surface area contributed by atoms with Gasteiger partial charge in [0.05, 0.1) is 18.2 Å². The van der Waals surface area contributed by atoms with E-state index in [0.29, 0.717) is 11.5 Å². The van der Waals surface area contributed by atoms with Gasteiger partial charge in [-0.3, -0.25) is 5.32 Å². The zero-order valence-electron chi connectivity index (χ0n) is 9.67. The van der Waals surface area contributed by atoms with Crippen molar-refractivity contribution < 1.29 is 13.2 Å². The van der Waals surface area contributed by atoms with Gasteiger partial charge < -0.3 is 0 Å². The average molecular weight is 254 g/mol. The third-order valence-electron chi connectivity index (χ3n) is 3.07. The van der Waals surface area contributed by atoms with E-state index < -0.39 is 11.7 Å². The van der Waals surface area contributed by atoms with Crippen molar-refractivity contribution in [3.8, 4) is 6.07 Å². The highest BCUT2D eigenvalue weighted by molar-refractivity contribution is 5.29. The van der Waals surface area contributed by atoms with Crippen LogP contribution in [0.15, 0.2) is 24.3 Å². The average Bonchev–Trinajstić information content (AvgIpc) is 3.13. The van der Waals surface area contributed by atoms with Crippen LogP contribution in [0.3, 0.4) is 0 Å². The maximum Gasteiger partial charge on any atom is 0.416 e. The Hall–Kier alpha value is -1.54. The lowest BCUT2D eigenvalue weighted by molar-refractivity contribution is -0.137. The quantitative estimate of drug-likeness (QED) is 0.837. The molecule has 0 heterocycles. The molecule has 1 fully saturated rings. The monoisotopic (exact) mass is 254 g/mol. The zero-order valence-corrected chi connectivity index (χ0v) is 9.67. The Morgan fingerprint density at radius 2 is 2.11 bits per heavy atom. The van der Waals surface area contributed by atoms with E-state index in [2.05, 4.69) is 5.32 Å². The van der Waals surface area contributed by atoms with Crippen LogP contribution in [-0.4, -0.2) is 6.54 Å². The molecule has 0 aromatic heterocycles. The molecule has 1 aromatic carbocycles. The first kappa shape index (κ1) is 12.9. The summed E-state index contributed by atoms with van der Waals surface area (Å²) in [7, 11) is 0. The molecule has 1 aromatic rings. The zero-order chi connectivity index (χ0) is 13.2. The smallest absolute Gasteiger partial charge is 0.297 e. The second-order valence-corrected chi connectivity index (χ2v) is 4.48. The minimum Gasteiger partial charge on any atom is -0.297 e. The van der Waals surface area contributed by atoms with Crippen molar-refractivity contribution in [2.75, 3.05) is 6.54 Å². The third kappa shape index (κ3) is 3.02. The lowest BCUT2D eigenvalue weighted by Crippen LogP contribution is -2.23. The Kier molecular flexibility index (Phi) is 3.58. The fraction of sp³-hybridized carbons (Fsp3) is 0.462. The Morgan fingerprint density at radius 3 is 2.67 bits per heavy atom. The van der Waals surface area contributed by atoms with E-state index in [0.717, 1.165) is 18.9 Å². The largest absolute Gasteiger partial charge is 0.416 e. The van der Waals surface area contributed by atoms with Gasteiger partial charge in [-0.25, -0.2) is 0 Å². The van der Waals surface area contributed by atoms with Crippen LogP contribution >= 0.6 is 0 Å². The van der Waals surface area contributed by atoms with Gasteiger partial charge in [0.25, 0.3) is 0 Å². The SMILES string of the molecule is N#CCNC(c1cccc(C(F)(F)F)c1)C1CC1. The topological polar surface area (TPSA) is 35.8 Å². The maximum absolute atomic E-state index is 12.6. The minimum absolute atomic E-state index is 0.146. The Labute approximate surface area is 103 Å². The Balaban J connectivity index is 2.22. The fourth-order valence-electron chi connectivity index (χ4n) is 2.05. The Bertz CT molecular complexity index is 458. The van der Waals surface area contributed by atoms with Crippen LogP contribution < -0.4 is 5.32 Å². The molecule has 0 amide bonds. The number of alkyl halides is 3. The highest BCUT2D eigenvalue weighted by Gasteiger charge is 2.34. The summed E-state index contributed by atoms with van der Waals surface area (Å²) in [6.07, 6.45) is -2.32. The van der Waals surface area contributed by atoms with Crippen molar-refractivity contribution in [3.63, 3.8) is 0 Å². The highest BCUT2D eigenvalue weighted by atomic mass is 19.4. The lowest BCUT2D eigenvalue weighted by atomic mass is 10.00. The summed E-state index contributed by atoms with van der Waals surface area (Å²) in [4.78, 5) is 0. The fourth-order valence-corrected chi connectivity index (χ4v) is 2.05. The van der Waals surface area contributed by atoms with Gasteiger partial charge in [0, 0.05) is 6.04 Å². The van der Waals surface area contributed by atoms with Crippen molar-refractivity contribution in [1.29, 1.82) is 5.26 Å². The van der Waals surface area contributed by atoms with E-state index >= 15 is 0 Å². The van der Waals surface area contributed by atoms with E-state index in [1.807, 2.05) is 6.07 Å². The van der Waals surface area contributed by atoms with Crippen LogP contribution in [0.25, 0.3) is 0 Å². The molecule has 1 N–H and O–H groups in total. The first-order valence-electron chi connectivity index (χ1n) is 5.80. The summed E-state index contributed by atoms with van der Waals surface area (Å²) in [5.74, 6) is 0.349. The molecule has 0 bridgehead atoms. The predicted molar refractivity (Wildman–Crippen MR) is 60.5 cm³/mol.